The number of methoxy groups -OCH3 is 1. The Bertz CT molecular complexity index is 667. The van der Waals surface area contributed by atoms with Gasteiger partial charge in [-0.3, -0.25) is 9.59 Å². The summed E-state index contributed by atoms with van der Waals surface area (Å²) in [5.41, 5.74) is 0.374. The summed E-state index contributed by atoms with van der Waals surface area (Å²) in [4.78, 5) is 25.5. The highest BCUT2D eigenvalue weighted by atomic mass is 35.5. The van der Waals surface area contributed by atoms with E-state index in [2.05, 4.69) is 10.3 Å². The van der Waals surface area contributed by atoms with Crippen molar-refractivity contribution in [2.75, 3.05) is 12.4 Å². The van der Waals surface area contributed by atoms with Crippen LogP contribution in [0.2, 0.25) is 5.02 Å². The molecule has 0 bridgehead atoms. The van der Waals surface area contributed by atoms with Crippen LogP contribution in [0.25, 0.3) is 0 Å². The van der Waals surface area contributed by atoms with E-state index in [9.17, 15) is 9.59 Å². The number of pyridine rings is 1. The number of ether oxygens (including phenoxy) is 1. The first-order valence-electron chi connectivity index (χ1n) is 5.44. The lowest BCUT2D eigenvalue weighted by molar-refractivity contribution is 0.102. The molecule has 0 atom stereocenters. The van der Waals surface area contributed by atoms with Crippen LogP contribution in [-0.2, 0) is 0 Å². The Labute approximate surface area is 114 Å². The van der Waals surface area contributed by atoms with Crippen molar-refractivity contribution in [1.29, 1.82) is 0 Å². The van der Waals surface area contributed by atoms with Crippen molar-refractivity contribution in [3.63, 3.8) is 0 Å². The molecule has 0 saturated carbocycles. The van der Waals surface area contributed by atoms with Gasteiger partial charge in [-0.25, -0.2) is 0 Å². The second kappa shape index (κ2) is 5.58. The molecule has 0 aliphatic heterocycles. The number of carbonyl (C=O) groups is 1. The maximum absolute atomic E-state index is 11.9. The monoisotopic (exact) mass is 278 g/mol. The molecule has 2 N–H and O–H groups in total. The third-order valence-electron chi connectivity index (χ3n) is 2.42. The van der Waals surface area contributed by atoms with E-state index in [1.165, 1.54) is 25.3 Å². The van der Waals surface area contributed by atoms with Gasteiger partial charge in [-0.15, -0.1) is 0 Å². The molecular weight excluding hydrogens is 268 g/mol. The lowest BCUT2D eigenvalue weighted by Crippen LogP contribution is -2.17. The number of nitrogens with one attached hydrogen (secondary N) is 2. The third-order valence-corrected chi connectivity index (χ3v) is 2.73. The summed E-state index contributed by atoms with van der Waals surface area (Å²) < 4.78 is 5.05. The number of rotatable bonds is 3. The zero-order chi connectivity index (χ0) is 13.8. The number of anilines is 1. The molecule has 0 radical (unpaired) electrons. The van der Waals surface area contributed by atoms with Gasteiger partial charge < -0.3 is 15.0 Å². The van der Waals surface area contributed by atoms with Crippen LogP contribution < -0.4 is 15.6 Å². The smallest absolute Gasteiger partial charge is 0.272 e. The number of aromatic nitrogens is 1. The summed E-state index contributed by atoms with van der Waals surface area (Å²) in [6.07, 6.45) is 0. The van der Waals surface area contributed by atoms with E-state index in [1.54, 1.807) is 18.2 Å². The van der Waals surface area contributed by atoms with Crippen LogP contribution in [0.3, 0.4) is 0 Å². The zero-order valence-electron chi connectivity index (χ0n) is 10.1. The Kier molecular flexibility index (Phi) is 3.87. The Morgan fingerprint density at radius 1 is 1.32 bits per heavy atom. The number of halogens is 1. The van der Waals surface area contributed by atoms with Crippen LogP contribution in [-0.4, -0.2) is 18.0 Å². The van der Waals surface area contributed by atoms with Gasteiger partial charge in [-0.05, 0) is 18.2 Å². The third kappa shape index (κ3) is 3.14. The van der Waals surface area contributed by atoms with Gasteiger partial charge in [0, 0.05) is 17.8 Å². The summed E-state index contributed by atoms with van der Waals surface area (Å²) in [5, 5.41) is 3.09. The molecule has 1 aromatic heterocycles. The van der Waals surface area contributed by atoms with Crippen molar-refractivity contribution in [1.82, 2.24) is 4.98 Å². The molecule has 19 heavy (non-hydrogen) atoms. The van der Waals surface area contributed by atoms with Crippen molar-refractivity contribution in [2.24, 2.45) is 0 Å². The summed E-state index contributed by atoms with van der Waals surface area (Å²) in [6, 6.07) is 9.22. The average molecular weight is 279 g/mol. The molecule has 98 valence electrons. The molecule has 1 amide bonds. The maximum atomic E-state index is 11.9. The van der Waals surface area contributed by atoms with Crippen LogP contribution in [0, 0.1) is 0 Å². The largest absolute Gasteiger partial charge is 0.495 e. The number of H-pyrrole nitrogens is 1. The average Bonchev–Trinajstić information content (AvgIpc) is 2.41. The molecule has 0 saturated heterocycles. The Morgan fingerprint density at radius 2 is 2.11 bits per heavy atom. The molecule has 5 nitrogen and oxygen atoms in total. The highest BCUT2D eigenvalue weighted by Crippen LogP contribution is 2.27. The van der Waals surface area contributed by atoms with Gasteiger partial charge in [0.2, 0.25) is 5.56 Å². The first-order chi connectivity index (χ1) is 9.10. The van der Waals surface area contributed by atoms with Crippen LogP contribution >= 0.6 is 11.6 Å². The maximum Gasteiger partial charge on any atom is 0.272 e. The van der Waals surface area contributed by atoms with Gasteiger partial charge in [-0.2, -0.15) is 0 Å². The summed E-state index contributed by atoms with van der Waals surface area (Å²) in [7, 11) is 1.49. The molecule has 0 spiro atoms. The van der Waals surface area contributed by atoms with E-state index in [-0.39, 0.29) is 11.3 Å². The molecule has 0 fully saturated rings. The minimum atomic E-state index is -0.415. The molecule has 0 aliphatic rings. The predicted molar refractivity (Wildman–Crippen MR) is 73.0 cm³/mol. The molecule has 6 heteroatoms. The van der Waals surface area contributed by atoms with Crippen molar-refractivity contribution in [3.05, 3.63) is 57.5 Å². The van der Waals surface area contributed by atoms with Gasteiger partial charge in [0.25, 0.3) is 5.91 Å². The molecule has 1 heterocycles. The fourth-order valence-corrected chi connectivity index (χ4v) is 1.71. The van der Waals surface area contributed by atoms with Gasteiger partial charge in [-0.1, -0.05) is 17.7 Å². The lowest BCUT2D eigenvalue weighted by Gasteiger charge is -2.08. The first-order valence-corrected chi connectivity index (χ1v) is 5.82. The minimum absolute atomic E-state index is 0.182. The van der Waals surface area contributed by atoms with Gasteiger partial charge >= 0.3 is 0 Å². The second-order valence-corrected chi connectivity index (χ2v) is 4.14. The Balaban J connectivity index is 2.21. The number of hydrogen-bond donors (Lipinski definition) is 2. The topological polar surface area (TPSA) is 71.2 Å². The number of aromatic amines is 1. The van der Waals surface area contributed by atoms with Crippen LogP contribution in [0.5, 0.6) is 5.75 Å². The summed E-state index contributed by atoms with van der Waals surface area (Å²) in [6.45, 7) is 0. The predicted octanol–water partition coefficient (Wildman–Crippen LogP) is 2.29. The molecule has 1 aromatic carbocycles. The van der Waals surface area contributed by atoms with E-state index in [0.717, 1.165) is 0 Å². The lowest BCUT2D eigenvalue weighted by atomic mass is 10.2. The van der Waals surface area contributed by atoms with Crippen LogP contribution in [0.1, 0.15) is 10.5 Å². The quantitative estimate of drug-likeness (QED) is 0.905. The SMILES string of the molecule is COc1cc(NC(=O)c2cccc(=O)[nH]2)ccc1Cl. The van der Waals surface area contributed by atoms with Gasteiger partial charge in [0.1, 0.15) is 11.4 Å². The standard InChI is InChI=1S/C13H11ClN2O3/c1-19-11-7-8(5-6-9(11)14)15-13(18)10-3-2-4-12(17)16-10/h2-7H,1H3,(H,15,18)(H,16,17). The fraction of sp³-hybridized carbons (Fsp3) is 0.0769. The molecule has 2 rings (SSSR count). The van der Waals surface area contributed by atoms with E-state index in [4.69, 9.17) is 16.3 Å². The molecule has 0 aliphatic carbocycles. The summed E-state index contributed by atoms with van der Waals surface area (Å²) >= 11 is 5.89. The Morgan fingerprint density at radius 3 is 2.79 bits per heavy atom. The van der Waals surface area contributed by atoms with E-state index < -0.39 is 5.91 Å². The van der Waals surface area contributed by atoms with Crippen LogP contribution in [0.15, 0.2) is 41.2 Å². The number of hydrogen-bond acceptors (Lipinski definition) is 3. The fourth-order valence-electron chi connectivity index (χ4n) is 1.52. The minimum Gasteiger partial charge on any atom is -0.495 e. The number of carbonyl (C=O) groups excluding carboxylic acids is 1. The van der Waals surface area contributed by atoms with Crippen molar-refractivity contribution in [2.45, 2.75) is 0 Å². The molecule has 0 unspecified atom stereocenters. The van der Waals surface area contributed by atoms with E-state index in [0.29, 0.717) is 16.5 Å². The van der Waals surface area contributed by atoms with E-state index >= 15 is 0 Å². The number of benzene rings is 1. The second-order valence-electron chi connectivity index (χ2n) is 3.73. The zero-order valence-corrected chi connectivity index (χ0v) is 10.8. The van der Waals surface area contributed by atoms with Gasteiger partial charge in [0.05, 0.1) is 12.1 Å². The van der Waals surface area contributed by atoms with Crippen LogP contribution in [0.4, 0.5) is 5.69 Å². The first kappa shape index (κ1) is 13.2. The van der Waals surface area contributed by atoms with Crippen molar-refractivity contribution in [3.8, 4) is 5.75 Å². The normalized spacial score (nSPS) is 10.0. The van der Waals surface area contributed by atoms with Gasteiger partial charge in [0.15, 0.2) is 0 Å². The summed E-state index contributed by atoms with van der Waals surface area (Å²) in [5.74, 6) is 0.0445. The van der Waals surface area contributed by atoms with E-state index in [1.807, 2.05) is 0 Å². The Hall–Kier alpha value is -2.27. The number of amides is 1. The highest BCUT2D eigenvalue weighted by molar-refractivity contribution is 6.32. The molecule has 2 aromatic rings. The van der Waals surface area contributed by atoms with Crippen molar-refractivity contribution >= 4 is 23.2 Å². The highest BCUT2D eigenvalue weighted by Gasteiger charge is 2.08. The van der Waals surface area contributed by atoms with Crippen molar-refractivity contribution < 1.29 is 9.53 Å². The molecular formula is C13H11ClN2O3.